The standard InChI is InChI=1S/C7H12NO4.Na/c1-4(8-2)5(7(11)12)3-6(9)10;/h4-5,8H,1,3H2,2H3,(H,9,10)(H,11,12);. The Labute approximate surface area is 93.9 Å². The minimum absolute atomic E-state index is 0.222. The van der Waals surface area contributed by atoms with Gasteiger partial charge in [0.25, 0.3) is 0 Å². The minimum atomic E-state index is -1.07. The van der Waals surface area contributed by atoms with Gasteiger partial charge in [0.05, 0.1) is 0 Å². The van der Waals surface area contributed by atoms with Gasteiger partial charge >= 0.3 is 94.1 Å². The maximum atomic E-state index is 10.7. The first-order valence-electron chi connectivity index (χ1n) is 4.14. The average molecular weight is 197 g/mol. The van der Waals surface area contributed by atoms with Gasteiger partial charge < -0.3 is 0 Å². The van der Waals surface area contributed by atoms with Gasteiger partial charge in [-0.05, 0) is 0 Å². The van der Waals surface area contributed by atoms with Crippen LogP contribution in [0.1, 0.15) is 6.42 Å². The fraction of sp³-hybridized carbons (Fsp3) is 0.714. The van der Waals surface area contributed by atoms with Gasteiger partial charge in [-0.25, -0.2) is 0 Å². The van der Waals surface area contributed by atoms with E-state index in [2.05, 4.69) is 5.32 Å². The summed E-state index contributed by atoms with van der Waals surface area (Å²) in [5.41, 5.74) is 0. The van der Waals surface area contributed by atoms with Crippen molar-refractivity contribution in [3.8, 4) is 0 Å². The van der Waals surface area contributed by atoms with Crippen molar-refractivity contribution in [3.05, 3.63) is 0 Å². The van der Waals surface area contributed by atoms with Crippen molar-refractivity contribution in [1.29, 1.82) is 0 Å². The van der Waals surface area contributed by atoms with Gasteiger partial charge in [0, 0.05) is 0 Å². The van der Waals surface area contributed by atoms with E-state index >= 15 is 0 Å². The number of nitrogens with one attached hydrogen (secondary N) is 1. The molecule has 2 atom stereocenters. The number of hydrogen-bond donors (Lipinski definition) is 3. The SMILES string of the molecule is CNC([CH2][Na])C(CC(=O)O)C(=O)O. The van der Waals surface area contributed by atoms with Crippen LogP contribution < -0.4 is 5.32 Å². The summed E-state index contributed by atoms with van der Waals surface area (Å²) >= 11 is 0.857. The summed E-state index contributed by atoms with van der Waals surface area (Å²) in [7, 11) is 1.65. The molecule has 2 unspecified atom stereocenters. The van der Waals surface area contributed by atoms with Crippen molar-refractivity contribution < 1.29 is 19.8 Å². The molecule has 0 spiro atoms. The molecule has 0 heterocycles. The molecule has 0 fully saturated rings. The zero-order valence-corrected chi connectivity index (χ0v) is 9.78. The van der Waals surface area contributed by atoms with E-state index in [0.717, 1.165) is 31.6 Å². The number of carboxylic acid groups (broad SMARTS) is 2. The van der Waals surface area contributed by atoms with Crippen LogP contribution in [-0.4, -0.2) is 63.2 Å². The van der Waals surface area contributed by atoms with Crippen molar-refractivity contribution in [2.24, 2.45) is 5.92 Å². The van der Waals surface area contributed by atoms with E-state index in [1.807, 2.05) is 0 Å². The molecule has 0 radical (unpaired) electrons. The van der Waals surface area contributed by atoms with E-state index in [1.165, 1.54) is 0 Å². The first-order chi connectivity index (χ1) is 6.02. The molecule has 0 aromatic carbocycles. The summed E-state index contributed by atoms with van der Waals surface area (Å²) in [5, 5.41) is 20.1. The first kappa shape index (κ1) is 12.9. The molecule has 0 aliphatic rings. The Hall–Kier alpha value is -0.100. The van der Waals surface area contributed by atoms with E-state index in [4.69, 9.17) is 10.2 Å². The van der Waals surface area contributed by atoms with Crippen LogP contribution in [0.4, 0.5) is 0 Å². The summed E-state index contributed by atoms with van der Waals surface area (Å²) in [6.07, 6.45) is -0.316. The molecule has 5 nitrogen and oxygen atoms in total. The summed E-state index contributed by atoms with van der Waals surface area (Å²) in [6, 6.07) is -0.222. The Bertz CT molecular complexity index is 193. The Morgan fingerprint density at radius 3 is 2.23 bits per heavy atom. The molecule has 0 amide bonds. The van der Waals surface area contributed by atoms with Gasteiger partial charge in [-0.3, -0.25) is 0 Å². The molecule has 0 rings (SSSR count). The fourth-order valence-electron chi connectivity index (χ4n) is 1.28. The molecule has 70 valence electrons. The van der Waals surface area contributed by atoms with Crippen molar-refractivity contribution >= 4 is 39.9 Å². The van der Waals surface area contributed by atoms with Crippen LogP contribution in [0.3, 0.4) is 0 Å². The maximum absolute atomic E-state index is 10.7. The first-order valence-corrected chi connectivity index (χ1v) is 5.56. The Kier molecular flexibility index (Phi) is 6.32. The summed E-state index contributed by atoms with van der Waals surface area (Å²) < 4.78 is 0.737. The number of aliphatic carboxylic acids is 2. The summed E-state index contributed by atoms with van der Waals surface area (Å²) in [4.78, 5) is 21.1. The second-order valence-electron chi connectivity index (χ2n) is 2.85. The molecule has 0 aromatic rings. The van der Waals surface area contributed by atoms with Gasteiger partial charge in [0.1, 0.15) is 0 Å². The number of carbonyl (C=O) groups is 2. The van der Waals surface area contributed by atoms with Crippen LogP contribution >= 0.6 is 0 Å². The van der Waals surface area contributed by atoms with Gasteiger partial charge in [0.15, 0.2) is 0 Å². The molecule has 0 saturated heterocycles. The van der Waals surface area contributed by atoms with Crippen LogP contribution in [-0.2, 0) is 9.59 Å². The average Bonchev–Trinajstić information content (AvgIpc) is 2.04. The normalized spacial score (nSPS) is 15.0. The van der Waals surface area contributed by atoms with E-state index in [-0.39, 0.29) is 12.5 Å². The van der Waals surface area contributed by atoms with E-state index in [0.29, 0.717) is 0 Å². The number of rotatable bonds is 6. The molecular weight excluding hydrogens is 185 g/mol. The third-order valence-corrected chi connectivity index (χ3v) is 2.89. The molecule has 0 aliphatic carbocycles. The Morgan fingerprint density at radius 1 is 1.46 bits per heavy atom. The topological polar surface area (TPSA) is 86.6 Å². The molecular formula is C7H12NNaO4. The Balaban J connectivity index is 4.38. The third-order valence-electron chi connectivity index (χ3n) is 2.01. The van der Waals surface area contributed by atoms with Gasteiger partial charge in [-0.1, -0.05) is 0 Å². The summed E-state index contributed by atoms with van der Waals surface area (Å²) in [6.45, 7) is 0. The predicted molar refractivity (Wildman–Crippen MR) is 46.8 cm³/mol. The van der Waals surface area contributed by atoms with Crippen molar-refractivity contribution in [3.63, 3.8) is 0 Å². The number of hydrogen-bond acceptors (Lipinski definition) is 3. The molecule has 0 aliphatic heterocycles. The van der Waals surface area contributed by atoms with Crippen LogP contribution in [0, 0.1) is 5.92 Å². The number of carboxylic acids is 2. The fourth-order valence-corrected chi connectivity index (χ4v) is 2.26. The zero-order valence-electron chi connectivity index (χ0n) is 7.78. The van der Waals surface area contributed by atoms with Crippen molar-refractivity contribution in [2.45, 2.75) is 16.1 Å². The van der Waals surface area contributed by atoms with E-state index < -0.39 is 17.9 Å². The van der Waals surface area contributed by atoms with E-state index in [9.17, 15) is 9.59 Å². The second kappa shape index (κ2) is 6.37. The molecule has 13 heavy (non-hydrogen) atoms. The molecule has 3 N–H and O–H groups in total. The third kappa shape index (κ3) is 4.61. The molecule has 0 saturated carbocycles. The quantitative estimate of drug-likeness (QED) is 0.492. The molecule has 0 aromatic heterocycles. The van der Waals surface area contributed by atoms with Crippen LogP contribution in [0.5, 0.6) is 0 Å². The van der Waals surface area contributed by atoms with Crippen LogP contribution in [0.25, 0.3) is 0 Å². The van der Waals surface area contributed by atoms with Crippen LogP contribution in [0.15, 0.2) is 0 Å². The zero-order chi connectivity index (χ0) is 10.4. The van der Waals surface area contributed by atoms with Crippen LogP contribution in [0.2, 0.25) is 3.67 Å². The van der Waals surface area contributed by atoms with Crippen molar-refractivity contribution in [1.82, 2.24) is 5.32 Å². The van der Waals surface area contributed by atoms with Gasteiger partial charge in [0.2, 0.25) is 0 Å². The van der Waals surface area contributed by atoms with Gasteiger partial charge in [-0.2, -0.15) is 0 Å². The van der Waals surface area contributed by atoms with E-state index in [1.54, 1.807) is 7.05 Å². The monoisotopic (exact) mass is 197 g/mol. The molecule has 0 bridgehead atoms. The summed E-state index contributed by atoms with van der Waals surface area (Å²) in [5.74, 6) is -2.93. The molecule has 6 heteroatoms. The predicted octanol–water partition coefficient (Wildman–Crippen LogP) is -0.663. The Morgan fingerprint density at radius 2 is 2.00 bits per heavy atom. The second-order valence-corrected chi connectivity index (χ2v) is 3.66. The van der Waals surface area contributed by atoms with Gasteiger partial charge in [-0.15, -0.1) is 0 Å². The van der Waals surface area contributed by atoms with Crippen molar-refractivity contribution in [2.75, 3.05) is 7.05 Å².